The van der Waals surface area contributed by atoms with Gasteiger partial charge in [-0.1, -0.05) is 60.7 Å². The van der Waals surface area contributed by atoms with Crippen LogP contribution in [0.4, 0.5) is 4.79 Å². The van der Waals surface area contributed by atoms with Gasteiger partial charge in [-0.05, 0) is 16.0 Å². The summed E-state index contributed by atoms with van der Waals surface area (Å²) in [6.07, 6.45) is -0.472. The molecule has 2 fully saturated rings. The smallest absolute Gasteiger partial charge is 0.315 e. The number of fused-ring (bicyclic) bond motifs is 1. The first-order valence-electron chi connectivity index (χ1n) is 9.94. The number of aromatic nitrogens is 4. The fourth-order valence-corrected chi connectivity index (χ4v) is 4.00. The molecule has 0 unspecified atom stereocenters. The van der Waals surface area contributed by atoms with E-state index in [-0.39, 0.29) is 30.3 Å². The molecule has 5 rings (SSSR count). The number of hydrogen-bond donors (Lipinski definition) is 2. The van der Waals surface area contributed by atoms with E-state index in [2.05, 4.69) is 26.2 Å². The highest BCUT2D eigenvalue weighted by Crippen LogP contribution is 2.35. The summed E-state index contributed by atoms with van der Waals surface area (Å²) in [6, 6.07) is 18.9. The third-order valence-electron chi connectivity index (χ3n) is 5.48. The Hall–Kier alpha value is -3.30. The fourth-order valence-electron chi connectivity index (χ4n) is 4.00. The van der Waals surface area contributed by atoms with Gasteiger partial charge in [0.25, 0.3) is 0 Å². The second-order valence-electron chi connectivity index (χ2n) is 7.40. The van der Waals surface area contributed by atoms with Crippen molar-refractivity contribution in [2.45, 2.75) is 30.8 Å². The van der Waals surface area contributed by atoms with Crippen molar-refractivity contribution >= 4 is 6.03 Å². The van der Waals surface area contributed by atoms with Gasteiger partial charge in [-0.2, -0.15) is 0 Å². The molecule has 2 saturated heterocycles. The average Bonchev–Trinajstić information content (AvgIpc) is 3.51. The van der Waals surface area contributed by atoms with Crippen LogP contribution in [0.1, 0.15) is 11.6 Å². The van der Waals surface area contributed by atoms with Crippen molar-refractivity contribution in [2.24, 2.45) is 0 Å². The zero-order valence-electron chi connectivity index (χ0n) is 16.2. The van der Waals surface area contributed by atoms with Crippen molar-refractivity contribution in [3.8, 4) is 11.4 Å². The summed E-state index contributed by atoms with van der Waals surface area (Å²) in [4.78, 5) is 12.3. The Balaban J connectivity index is 1.23. The number of hydrogen-bond acceptors (Lipinski definition) is 6. The van der Waals surface area contributed by atoms with E-state index in [9.17, 15) is 4.79 Å². The predicted molar refractivity (Wildman–Crippen MR) is 107 cm³/mol. The van der Waals surface area contributed by atoms with Crippen LogP contribution in [0.5, 0.6) is 0 Å². The Kier molecular flexibility index (Phi) is 5.12. The third kappa shape index (κ3) is 3.64. The molecular formula is C21H22N6O3. The zero-order chi connectivity index (χ0) is 20.3. The van der Waals surface area contributed by atoms with E-state index in [1.165, 1.54) is 0 Å². The van der Waals surface area contributed by atoms with Crippen LogP contribution in [0.25, 0.3) is 11.4 Å². The second-order valence-corrected chi connectivity index (χ2v) is 7.40. The van der Waals surface area contributed by atoms with Crippen LogP contribution in [0, 0.1) is 0 Å². The summed E-state index contributed by atoms with van der Waals surface area (Å²) < 4.78 is 13.8. The molecule has 0 aliphatic carbocycles. The molecule has 30 heavy (non-hydrogen) atoms. The number of carbonyl (C=O) groups excluding carboxylic acids is 1. The first-order valence-corrected chi connectivity index (χ1v) is 9.94. The minimum atomic E-state index is -0.245. The van der Waals surface area contributed by atoms with Crippen molar-refractivity contribution in [3.05, 3.63) is 66.2 Å². The largest absolute Gasteiger partial charge is 0.371 e. The Morgan fingerprint density at radius 2 is 1.73 bits per heavy atom. The van der Waals surface area contributed by atoms with Gasteiger partial charge in [0.15, 0.2) is 5.82 Å². The number of nitrogens with zero attached hydrogens (tertiary/aromatic N) is 4. The minimum absolute atomic E-state index is 0.153. The monoisotopic (exact) mass is 406 g/mol. The Morgan fingerprint density at radius 1 is 1.00 bits per heavy atom. The van der Waals surface area contributed by atoms with E-state index in [1.54, 1.807) is 4.68 Å². The van der Waals surface area contributed by atoms with Gasteiger partial charge in [0, 0.05) is 12.1 Å². The van der Waals surface area contributed by atoms with E-state index in [0.29, 0.717) is 25.6 Å². The summed E-state index contributed by atoms with van der Waals surface area (Å²) in [7, 11) is 0. The molecule has 3 heterocycles. The molecule has 2 aliphatic rings. The SMILES string of the molecule is O=C(NCc1ccccc1)N[C@@H]1CO[C@@H]2[C@@H]1OC[C@@H]2n1nnnc1-c1ccccc1. The van der Waals surface area contributed by atoms with Crippen molar-refractivity contribution in [3.63, 3.8) is 0 Å². The minimum Gasteiger partial charge on any atom is -0.371 e. The third-order valence-corrected chi connectivity index (χ3v) is 5.48. The van der Waals surface area contributed by atoms with E-state index in [0.717, 1.165) is 11.1 Å². The van der Waals surface area contributed by atoms with Gasteiger partial charge in [0.2, 0.25) is 0 Å². The lowest BCUT2D eigenvalue weighted by Gasteiger charge is -2.18. The topological polar surface area (TPSA) is 103 Å². The molecule has 0 bridgehead atoms. The van der Waals surface area contributed by atoms with Crippen LogP contribution in [0.2, 0.25) is 0 Å². The van der Waals surface area contributed by atoms with Gasteiger partial charge in [0.05, 0.1) is 19.3 Å². The summed E-state index contributed by atoms with van der Waals surface area (Å²) in [5, 5.41) is 18.1. The summed E-state index contributed by atoms with van der Waals surface area (Å²) >= 11 is 0. The molecular weight excluding hydrogens is 384 g/mol. The first-order chi connectivity index (χ1) is 14.8. The highest BCUT2D eigenvalue weighted by Gasteiger charge is 2.50. The molecule has 2 aromatic carbocycles. The molecule has 0 radical (unpaired) electrons. The number of carbonyl (C=O) groups is 1. The van der Waals surface area contributed by atoms with Gasteiger partial charge < -0.3 is 20.1 Å². The molecule has 3 aromatic rings. The van der Waals surface area contributed by atoms with Crippen LogP contribution in [-0.4, -0.2) is 57.7 Å². The van der Waals surface area contributed by atoms with Gasteiger partial charge in [-0.15, -0.1) is 5.10 Å². The number of amides is 2. The lowest BCUT2D eigenvalue weighted by Crippen LogP contribution is -2.48. The molecule has 2 N–H and O–H groups in total. The number of rotatable bonds is 5. The maximum Gasteiger partial charge on any atom is 0.315 e. The second kappa shape index (κ2) is 8.21. The highest BCUT2D eigenvalue weighted by atomic mass is 16.6. The zero-order valence-corrected chi connectivity index (χ0v) is 16.2. The van der Waals surface area contributed by atoms with Crippen LogP contribution >= 0.6 is 0 Å². The molecule has 9 heteroatoms. The summed E-state index contributed by atoms with van der Waals surface area (Å²) in [5.41, 5.74) is 1.97. The Bertz CT molecular complexity index is 996. The molecule has 0 spiro atoms. The fraction of sp³-hybridized carbons (Fsp3) is 0.333. The number of urea groups is 1. The van der Waals surface area contributed by atoms with Crippen molar-refractivity contribution < 1.29 is 14.3 Å². The van der Waals surface area contributed by atoms with Gasteiger partial charge >= 0.3 is 6.03 Å². The molecule has 2 amide bonds. The Morgan fingerprint density at radius 3 is 2.53 bits per heavy atom. The van der Waals surface area contributed by atoms with Crippen LogP contribution in [-0.2, 0) is 16.0 Å². The molecule has 2 aliphatic heterocycles. The van der Waals surface area contributed by atoms with E-state index in [4.69, 9.17) is 9.47 Å². The lowest BCUT2D eigenvalue weighted by molar-refractivity contribution is 0.0624. The molecule has 9 nitrogen and oxygen atoms in total. The van der Waals surface area contributed by atoms with Crippen LogP contribution < -0.4 is 10.6 Å². The van der Waals surface area contributed by atoms with Gasteiger partial charge in [0.1, 0.15) is 18.2 Å². The standard InChI is InChI=1S/C21H22N6O3/c28-21(22-11-14-7-3-1-4-8-14)23-16-12-29-19-17(13-30-18(16)19)27-20(24-25-26-27)15-9-5-2-6-10-15/h1-10,16-19H,11-13H2,(H2,22,23,28)/t16-,17+,18-,19+/m1/s1. The van der Waals surface area contributed by atoms with E-state index in [1.807, 2.05) is 60.7 Å². The maximum atomic E-state index is 12.3. The van der Waals surface area contributed by atoms with Crippen LogP contribution in [0.15, 0.2) is 60.7 Å². The number of tetrazole rings is 1. The molecule has 0 saturated carbocycles. The quantitative estimate of drug-likeness (QED) is 0.666. The van der Waals surface area contributed by atoms with Gasteiger partial charge in [-0.25, -0.2) is 9.48 Å². The van der Waals surface area contributed by atoms with Gasteiger partial charge in [-0.3, -0.25) is 0 Å². The molecule has 4 atom stereocenters. The maximum absolute atomic E-state index is 12.3. The van der Waals surface area contributed by atoms with Crippen molar-refractivity contribution in [1.82, 2.24) is 30.8 Å². The molecule has 1 aromatic heterocycles. The Labute approximate surface area is 173 Å². The number of nitrogens with one attached hydrogen (secondary N) is 2. The molecule has 154 valence electrons. The number of ether oxygens (including phenoxy) is 2. The number of benzene rings is 2. The van der Waals surface area contributed by atoms with E-state index >= 15 is 0 Å². The predicted octanol–water partition coefficient (Wildman–Crippen LogP) is 1.55. The van der Waals surface area contributed by atoms with E-state index < -0.39 is 0 Å². The van der Waals surface area contributed by atoms with Crippen LogP contribution in [0.3, 0.4) is 0 Å². The normalized spacial score (nSPS) is 25.1. The van der Waals surface area contributed by atoms with Crippen molar-refractivity contribution in [2.75, 3.05) is 13.2 Å². The highest BCUT2D eigenvalue weighted by molar-refractivity contribution is 5.74. The first kappa shape index (κ1) is 18.7. The summed E-state index contributed by atoms with van der Waals surface area (Å²) in [5.74, 6) is 0.672. The van der Waals surface area contributed by atoms with Crippen molar-refractivity contribution in [1.29, 1.82) is 0 Å². The lowest BCUT2D eigenvalue weighted by atomic mass is 10.1. The summed E-state index contributed by atoms with van der Waals surface area (Å²) in [6.45, 7) is 1.26. The average molecular weight is 406 g/mol.